The molecular formula is C16H14NS+. The molecule has 0 unspecified atom stereocenters. The third kappa shape index (κ3) is 1.95. The predicted molar refractivity (Wildman–Crippen MR) is 76.4 cm³/mol. The summed E-state index contributed by atoms with van der Waals surface area (Å²) in [7, 11) is 2.10. The maximum absolute atomic E-state index is 2.20. The Hall–Kier alpha value is -1.93. The van der Waals surface area contributed by atoms with Gasteiger partial charge in [0.1, 0.15) is 11.9 Å². The van der Waals surface area contributed by atoms with E-state index in [9.17, 15) is 0 Å². The van der Waals surface area contributed by atoms with E-state index in [1.54, 1.807) is 11.3 Å². The van der Waals surface area contributed by atoms with Gasteiger partial charge in [0.2, 0.25) is 11.2 Å². The predicted octanol–water partition coefficient (Wildman–Crippen LogP) is 3.91. The molecule has 1 nitrogen and oxygen atoms in total. The van der Waals surface area contributed by atoms with Gasteiger partial charge >= 0.3 is 0 Å². The molecule has 0 N–H and O–H groups in total. The van der Waals surface area contributed by atoms with Gasteiger partial charge < -0.3 is 0 Å². The molecule has 0 radical (unpaired) electrons. The van der Waals surface area contributed by atoms with Crippen molar-refractivity contribution < 1.29 is 4.57 Å². The van der Waals surface area contributed by atoms with Crippen LogP contribution in [-0.4, -0.2) is 0 Å². The first-order valence-electron chi connectivity index (χ1n) is 5.94. The van der Waals surface area contributed by atoms with E-state index in [2.05, 4.69) is 77.8 Å². The molecule has 0 amide bonds. The Labute approximate surface area is 111 Å². The van der Waals surface area contributed by atoms with E-state index in [1.165, 1.54) is 21.7 Å². The van der Waals surface area contributed by atoms with Crippen molar-refractivity contribution in [3.8, 4) is 21.7 Å². The minimum Gasteiger partial charge on any atom is -0.191 e. The molecule has 0 aliphatic rings. The van der Waals surface area contributed by atoms with Crippen molar-refractivity contribution in [3.05, 3.63) is 66.2 Å². The van der Waals surface area contributed by atoms with Crippen molar-refractivity contribution in [3.63, 3.8) is 0 Å². The fourth-order valence-electron chi connectivity index (χ4n) is 2.13. The highest BCUT2D eigenvalue weighted by molar-refractivity contribution is 7.13. The van der Waals surface area contributed by atoms with Gasteiger partial charge in [-0.25, -0.2) is 0 Å². The summed E-state index contributed by atoms with van der Waals surface area (Å²) in [6.45, 7) is 0. The van der Waals surface area contributed by atoms with Crippen LogP contribution in [0, 0.1) is 0 Å². The van der Waals surface area contributed by atoms with Crippen LogP contribution in [0.3, 0.4) is 0 Å². The number of hydrogen-bond acceptors (Lipinski definition) is 1. The van der Waals surface area contributed by atoms with Crippen LogP contribution in [0.1, 0.15) is 0 Å². The molecule has 18 heavy (non-hydrogen) atoms. The minimum absolute atomic E-state index is 1.26. The van der Waals surface area contributed by atoms with Crippen LogP contribution in [0.5, 0.6) is 0 Å². The Kier molecular flexibility index (Phi) is 2.95. The normalized spacial score (nSPS) is 10.5. The van der Waals surface area contributed by atoms with E-state index >= 15 is 0 Å². The fourth-order valence-corrected chi connectivity index (χ4v) is 3.14. The maximum atomic E-state index is 2.20. The van der Waals surface area contributed by atoms with Crippen molar-refractivity contribution in [2.75, 3.05) is 0 Å². The van der Waals surface area contributed by atoms with Gasteiger partial charge in [-0.2, -0.15) is 4.57 Å². The monoisotopic (exact) mass is 252 g/mol. The zero-order valence-electron chi connectivity index (χ0n) is 10.2. The average Bonchev–Trinajstić information content (AvgIpc) is 2.83. The van der Waals surface area contributed by atoms with Crippen molar-refractivity contribution in [2.45, 2.75) is 0 Å². The van der Waals surface area contributed by atoms with Gasteiger partial charge in [-0.1, -0.05) is 59.9 Å². The van der Waals surface area contributed by atoms with Crippen LogP contribution >= 0.6 is 11.3 Å². The topological polar surface area (TPSA) is 3.88 Å². The summed E-state index contributed by atoms with van der Waals surface area (Å²) in [6.07, 6.45) is 0. The number of hydrogen-bond donors (Lipinski definition) is 0. The zero-order valence-corrected chi connectivity index (χ0v) is 11.0. The lowest BCUT2D eigenvalue weighted by molar-refractivity contribution is -0.655. The van der Waals surface area contributed by atoms with Crippen molar-refractivity contribution in [1.82, 2.24) is 0 Å². The van der Waals surface area contributed by atoms with E-state index in [0.29, 0.717) is 0 Å². The molecule has 3 rings (SSSR count). The summed E-state index contributed by atoms with van der Waals surface area (Å²) in [5.41, 5.74) is 5.99. The molecule has 0 aliphatic heterocycles. The Morgan fingerprint density at radius 2 is 1.33 bits per heavy atom. The van der Waals surface area contributed by atoms with Gasteiger partial charge in [-0.05, 0) is 17.7 Å². The SMILES string of the molecule is C[n+]1csc(-c2ccccc2)c1-c1ccccc1. The molecule has 3 aromatic rings. The van der Waals surface area contributed by atoms with Crippen molar-refractivity contribution >= 4 is 11.3 Å². The van der Waals surface area contributed by atoms with Gasteiger partial charge in [-0.3, -0.25) is 0 Å². The summed E-state index contributed by atoms with van der Waals surface area (Å²) in [6, 6.07) is 21.1. The largest absolute Gasteiger partial charge is 0.231 e. The summed E-state index contributed by atoms with van der Waals surface area (Å²) in [5.74, 6) is 0. The Bertz CT molecular complexity index is 641. The van der Waals surface area contributed by atoms with E-state index in [0.717, 1.165) is 0 Å². The van der Waals surface area contributed by atoms with Crippen LogP contribution in [-0.2, 0) is 7.05 Å². The third-order valence-corrected chi connectivity index (χ3v) is 4.07. The second kappa shape index (κ2) is 4.75. The lowest BCUT2D eigenvalue weighted by atomic mass is 10.1. The van der Waals surface area contributed by atoms with Crippen molar-refractivity contribution in [1.29, 1.82) is 0 Å². The molecular weight excluding hydrogens is 238 g/mol. The molecule has 2 heteroatoms. The lowest BCUT2D eigenvalue weighted by Gasteiger charge is -2.00. The van der Waals surface area contributed by atoms with Gasteiger partial charge in [0.05, 0.1) is 0 Å². The number of aryl methyl sites for hydroxylation is 1. The molecule has 0 fully saturated rings. The number of benzene rings is 2. The minimum atomic E-state index is 1.26. The molecule has 1 aromatic heterocycles. The number of aromatic nitrogens is 1. The highest BCUT2D eigenvalue weighted by atomic mass is 32.1. The van der Waals surface area contributed by atoms with Gasteiger partial charge in [0.25, 0.3) is 0 Å². The van der Waals surface area contributed by atoms with Gasteiger partial charge in [-0.15, -0.1) is 0 Å². The first kappa shape index (κ1) is 11.2. The first-order valence-corrected chi connectivity index (χ1v) is 6.82. The molecule has 0 aliphatic carbocycles. The lowest BCUT2D eigenvalue weighted by Crippen LogP contribution is -2.27. The summed E-state index contributed by atoms with van der Waals surface area (Å²) < 4.78 is 2.20. The second-order valence-electron chi connectivity index (χ2n) is 4.24. The molecule has 1 heterocycles. The standard InChI is InChI=1S/C16H14NS/c1-17-12-18-16(14-10-6-3-7-11-14)15(17)13-8-4-2-5-9-13/h2-12H,1H3/q+1. The molecule has 0 atom stereocenters. The van der Waals surface area contributed by atoms with Crippen LogP contribution in [0.2, 0.25) is 0 Å². The number of nitrogens with zero attached hydrogens (tertiary/aromatic N) is 1. The van der Waals surface area contributed by atoms with Crippen LogP contribution in [0.4, 0.5) is 0 Å². The molecule has 0 saturated heterocycles. The maximum Gasteiger partial charge on any atom is 0.231 e. The fraction of sp³-hybridized carbons (Fsp3) is 0.0625. The quantitative estimate of drug-likeness (QED) is 0.609. The Morgan fingerprint density at radius 1 is 0.778 bits per heavy atom. The highest BCUT2D eigenvalue weighted by Gasteiger charge is 2.19. The zero-order chi connectivity index (χ0) is 12.4. The Balaban J connectivity index is 2.19. The van der Waals surface area contributed by atoms with Crippen LogP contribution in [0.15, 0.2) is 66.2 Å². The molecule has 2 aromatic carbocycles. The van der Waals surface area contributed by atoms with E-state index in [4.69, 9.17) is 0 Å². The second-order valence-corrected chi connectivity index (χ2v) is 5.10. The first-order chi connectivity index (χ1) is 8.86. The third-order valence-electron chi connectivity index (χ3n) is 2.98. The smallest absolute Gasteiger partial charge is 0.191 e. The van der Waals surface area contributed by atoms with Crippen molar-refractivity contribution in [2.24, 2.45) is 7.05 Å². The number of thiazole rings is 1. The molecule has 0 saturated carbocycles. The van der Waals surface area contributed by atoms with Crippen LogP contribution in [0.25, 0.3) is 21.7 Å². The van der Waals surface area contributed by atoms with E-state index in [1.807, 2.05) is 0 Å². The average molecular weight is 252 g/mol. The molecule has 88 valence electrons. The summed E-state index contributed by atoms with van der Waals surface area (Å²) in [4.78, 5) is 1.32. The summed E-state index contributed by atoms with van der Waals surface area (Å²) >= 11 is 1.79. The van der Waals surface area contributed by atoms with E-state index < -0.39 is 0 Å². The van der Waals surface area contributed by atoms with Gasteiger partial charge in [0, 0.05) is 5.56 Å². The molecule has 0 bridgehead atoms. The van der Waals surface area contributed by atoms with Crippen LogP contribution < -0.4 is 4.57 Å². The molecule has 0 spiro atoms. The van der Waals surface area contributed by atoms with E-state index in [-0.39, 0.29) is 0 Å². The Morgan fingerprint density at radius 3 is 1.94 bits per heavy atom. The highest BCUT2D eigenvalue weighted by Crippen LogP contribution is 2.32. The number of rotatable bonds is 2. The summed E-state index contributed by atoms with van der Waals surface area (Å²) in [5, 5.41) is 0. The van der Waals surface area contributed by atoms with Gasteiger partial charge in [0.15, 0.2) is 0 Å².